The third kappa shape index (κ3) is 5.00. The fourth-order valence-corrected chi connectivity index (χ4v) is 5.01. The van der Waals surface area contributed by atoms with Crippen molar-refractivity contribution in [1.82, 2.24) is 14.5 Å². The molecule has 0 amide bonds. The molecule has 0 spiro atoms. The molecule has 2 aromatic carbocycles. The van der Waals surface area contributed by atoms with E-state index in [4.69, 9.17) is 0 Å². The highest BCUT2D eigenvalue weighted by Crippen LogP contribution is 2.24. The van der Waals surface area contributed by atoms with Crippen molar-refractivity contribution in [3.8, 4) is 0 Å². The Morgan fingerprint density at radius 2 is 1.54 bits per heavy atom. The van der Waals surface area contributed by atoms with Gasteiger partial charge < -0.3 is 4.90 Å². The summed E-state index contributed by atoms with van der Waals surface area (Å²) in [5.74, 6) is 0. The van der Waals surface area contributed by atoms with Crippen LogP contribution in [-0.4, -0.2) is 58.0 Å². The van der Waals surface area contributed by atoms with Crippen molar-refractivity contribution < 1.29 is 8.42 Å². The molecule has 1 unspecified atom stereocenters. The average molecular weight is 402 g/mol. The number of sulfonamides is 1. The van der Waals surface area contributed by atoms with Gasteiger partial charge in [0.2, 0.25) is 10.0 Å². The van der Waals surface area contributed by atoms with Crippen molar-refractivity contribution >= 4 is 10.0 Å². The van der Waals surface area contributed by atoms with E-state index in [0.29, 0.717) is 11.4 Å². The van der Waals surface area contributed by atoms with Crippen LogP contribution >= 0.6 is 0 Å². The molecule has 3 rings (SSSR count). The Kier molecular flexibility index (Phi) is 6.55. The van der Waals surface area contributed by atoms with Gasteiger partial charge in [-0.05, 0) is 50.6 Å². The van der Waals surface area contributed by atoms with Gasteiger partial charge in [-0.25, -0.2) is 13.1 Å². The first-order valence-electron chi connectivity index (χ1n) is 9.82. The summed E-state index contributed by atoms with van der Waals surface area (Å²) in [5, 5.41) is 0. The Morgan fingerprint density at radius 1 is 0.929 bits per heavy atom. The number of nitrogens with zero attached hydrogens (tertiary/aromatic N) is 2. The van der Waals surface area contributed by atoms with Gasteiger partial charge in [-0.3, -0.25) is 4.90 Å². The van der Waals surface area contributed by atoms with Crippen molar-refractivity contribution in [1.29, 1.82) is 0 Å². The van der Waals surface area contributed by atoms with Crippen LogP contribution in [0.15, 0.2) is 47.4 Å². The lowest BCUT2D eigenvalue weighted by molar-refractivity contribution is 0.113. The minimum Gasteiger partial charge on any atom is -0.304 e. The van der Waals surface area contributed by atoms with Crippen LogP contribution in [0.25, 0.3) is 0 Å². The maximum absolute atomic E-state index is 13.0. The van der Waals surface area contributed by atoms with Gasteiger partial charge >= 0.3 is 0 Å². The van der Waals surface area contributed by atoms with Crippen molar-refractivity contribution in [2.75, 3.05) is 39.8 Å². The summed E-state index contributed by atoms with van der Waals surface area (Å²) in [4.78, 5) is 5.06. The van der Waals surface area contributed by atoms with E-state index in [0.717, 1.165) is 42.9 Å². The highest BCUT2D eigenvalue weighted by atomic mass is 32.2. The smallest absolute Gasteiger partial charge is 0.240 e. The molecule has 152 valence electrons. The number of rotatable bonds is 6. The minimum atomic E-state index is -3.56. The third-order valence-electron chi connectivity index (χ3n) is 5.54. The van der Waals surface area contributed by atoms with Gasteiger partial charge in [-0.2, -0.15) is 0 Å². The van der Waals surface area contributed by atoms with Gasteiger partial charge in [-0.1, -0.05) is 42.0 Å². The van der Waals surface area contributed by atoms with Gasteiger partial charge in [0.25, 0.3) is 0 Å². The summed E-state index contributed by atoms with van der Waals surface area (Å²) < 4.78 is 28.9. The van der Waals surface area contributed by atoms with Crippen LogP contribution in [0.5, 0.6) is 0 Å². The molecule has 28 heavy (non-hydrogen) atoms. The van der Waals surface area contributed by atoms with Crippen LogP contribution in [0.1, 0.15) is 28.3 Å². The number of aryl methyl sites for hydroxylation is 3. The lowest BCUT2D eigenvalue weighted by Gasteiger charge is -2.38. The topological polar surface area (TPSA) is 52.7 Å². The van der Waals surface area contributed by atoms with E-state index in [-0.39, 0.29) is 6.04 Å². The van der Waals surface area contributed by atoms with Gasteiger partial charge in [0.15, 0.2) is 0 Å². The van der Waals surface area contributed by atoms with E-state index in [9.17, 15) is 8.42 Å². The molecule has 0 saturated carbocycles. The molecule has 2 aromatic rings. The van der Waals surface area contributed by atoms with Crippen LogP contribution < -0.4 is 4.72 Å². The molecule has 5 nitrogen and oxygen atoms in total. The van der Waals surface area contributed by atoms with Crippen molar-refractivity contribution in [2.24, 2.45) is 0 Å². The lowest BCUT2D eigenvalue weighted by Crippen LogP contribution is -2.48. The normalized spacial score (nSPS) is 17.6. The predicted octanol–water partition coefficient (Wildman–Crippen LogP) is 2.88. The Morgan fingerprint density at radius 3 is 2.18 bits per heavy atom. The molecule has 6 heteroatoms. The second-order valence-electron chi connectivity index (χ2n) is 7.89. The monoisotopic (exact) mass is 401 g/mol. The largest absolute Gasteiger partial charge is 0.304 e. The SMILES string of the molecule is Cc1ccc(C(CNS(=O)(=O)c2cc(C)ccc2C)N2CCN(C)CC2)cc1. The molecular formula is C22H31N3O2S. The van der Waals surface area contributed by atoms with Crippen molar-refractivity contribution in [3.63, 3.8) is 0 Å². The maximum atomic E-state index is 13.0. The highest BCUT2D eigenvalue weighted by Gasteiger charge is 2.26. The highest BCUT2D eigenvalue weighted by molar-refractivity contribution is 7.89. The summed E-state index contributed by atoms with van der Waals surface area (Å²) in [7, 11) is -1.43. The average Bonchev–Trinajstić information content (AvgIpc) is 2.66. The molecule has 0 aromatic heterocycles. The first-order valence-corrected chi connectivity index (χ1v) is 11.3. The van der Waals surface area contributed by atoms with Crippen LogP contribution in [0.2, 0.25) is 0 Å². The molecular weight excluding hydrogens is 370 g/mol. The third-order valence-corrected chi connectivity index (χ3v) is 7.11. The number of benzene rings is 2. The number of hydrogen-bond donors (Lipinski definition) is 1. The molecule has 1 aliphatic rings. The summed E-state index contributed by atoms with van der Waals surface area (Å²) in [5.41, 5.74) is 4.07. The van der Waals surface area contributed by atoms with E-state index in [2.05, 4.69) is 52.8 Å². The zero-order chi connectivity index (χ0) is 20.3. The van der Waals surface area contributed by atoms with Gasteiger partial charge in [0, 0.05) is 38.8 Å². The van der Waals surface area contributed by atoms with Crippen LogP contribution in [0.3, 0.4) is 0 Å². The molecule has 1 aliphatic heterocycles. The summed E-state index contributed by atoms with van der Waals surface area (Å²) in [6, 6.07) is 14.0. The molecule has 0 aliphatic carbocycles. The Labute approximate surface area is 169 Å². The number of hydrogen-bond acceptors (Lipinski definition) is 4. The number of likely N-dealkylation sites (N-methyl/N-ethyl adjacent to an activating group) is 1. The van der Waals surface area contributed by atoms with Crippen molar-refractivity contribution in [3.05, 3.63) is 64.7 Å². The predicted molar refractivity (Wildman–Crippen MR) is 114 cm³/mol. The second kappa shape index (κ2) is 8.74. The van der Waals surface area contributed by atoms with E-state index < -0.39 is 10.0 Å². The fraction of sp³-hybridized carbons (Fsp3) is 0.455. The molecule has 1 atom stereocenters. The summed E-state index contributed by atoms with van der Waals surface area (Å²) in [6.07, 6.45) is 0. The Bertz CT molecular complexity index is 902. The molecule has 1 N–H and O–H groups in total. The summed E-state index contributed by atoms with van der Waals surface area (Å²) in [6.45, 7) is 10.0. The molecule has 1 saturated heterocycles. The zero-order valence-corrected chi connectivity index (χ0v) is 18.1. The summed E-state index contributed by atoms with van der Waals surface area (Å²) >= 11 is 0. The first kappa shape index (κ1) is 21.0. The van der Waals surface area contributed by atoms with Gasteiger partial charge in [0.05, 0.1) is 4.90 Å². The second-order valence-corrected chi connectivity index (χ2v) is 9.62. The van der Waals surface area contributed by atoms with E-state index in [1.54, 1.807) is 6.07 Å². The Hall–Kier alpha value is -1.73. The van der Waals surface area contributed by atoms with E-state index >= 15 is 0 Å². The van der Waals surface area contributed by atoms with Crippen LogP contribution in [-0.2, 0) is 10.0 Å². The molecule has 0 radical (unpaired) electrons. The number of piperazine rings is 1. The standard InChI is InChI=1S/C22H31N3O2S/c1-17-6-9-20(10-7-17)21(25-13-11-24(4)12-14-25)16-23-28(26,27)22-15-18(2)5-8-19(22)3/h5-10,15,21,23H,11-14,16H2,1-4H3. The van der Waals surface area contributed by atoms with Gasteiger partial charge in [-0.15, -0.1) is 0 Å². The fourth-order valence-electron chi connectivity index (χ4n) is 3.64. The number of nitrogens with one attached hydrogen (secondary N) is 1. The minimum absolute atomic E-state index is 0.0224. The lowest BCUT2D eigenvalue weighted by atomic mass is 10.0. The van der Waals surface area contributed by atoms with Gasteiger partial charge in [0.1, 0.15) is 0 Å². The first-order chi connectivity index (χ1) is 13.3. The Balaban J connectivity index is 1.83. The molecule has 1 fully saturated rings. The molecule has 0 bridgehead atoms. The van der Waals surface area contributed by atoms with Crippen LogP contribution in [0, 0.1) is 20.8 Å². The van der Waals surface area contributed by atoms with E-state index in [1.807, 2.05) is 26.0 Å². The quantitative estimate of drug-likeness (QED) is 0.809. The van der Waals surface area contributed by atoms with Crippen molar-refractivity contribution in [2.45, 2.75) is 31.7 Å². The molecule has 1 heterocycles. The maximum Gasteiger partial charge on any atom is 0.240 e. The van der Waals surface area contributed by atoms with Crippen LogP contribution in [0.4, 0.5) is 0 Å². The zero-order valence-electron chi connectivity index (χ0n) is 17.3. The van der Waals surface area contributed by atoms with E-state index in [1.165, 1.54) is 5.56 Å².